The van der Waals surface area contributed by atoms with Gasteiger partial charge in [0.05, 0.1) is 21.8 Å². The van der Waals surface area contributed by atoms with Crippen LogP contribution in [-0.2, 0) is 20.8 Å². The average molecular weight is 563 g/mol. The van der Waals surface area contributed by atoms with E-state index in [4.69, 9.17) is 0 Å². The number of benzene rings is 2. The van der Waals surface area contributed by atoms with E-state index in [0.717, 1.165) is 25.0 Å². The summed E-state index contributed by atoms with van der Waals surface area (Å²) in [5, 5.41) is 3.65. The number of hydrogen-bond acceptors (Lipinski definition) is 4. The number of nitrogens with zero attached hydrogens (tertiary/aromatic N) is 1. The summed E-state index contributed by atoms with van der Waals surface area (Å²) < 4.78 is 66.9. The number of alkyl halides is 3. The molecule has 0 aromatic heterocycles. The second-order valence-electron chi connectivity index (χ2n) is 11.3. The molecule has 0 spiro atoms. The number of amides is 1. The molecule has 1 unspecified atom stereocenters. The molecule has 5 nitrogen and oxygen atoms in total. The van der Waals surface area contributed by atoms with Crippen molar-refractivity contribution in [3.8, 4) is 0 Å². The van der Waals surface area contributed by atoms with Gasteiger partial charge >= 0.3 is 6.18 Å². The van der Waals surface area contributed by atoms with Gasteiger partial charge in [0.1, 0.15) is 0 Å². The number of carbonyl (C=O) groups is 1. The summed E-state index contributed by atoms with van der Waals surface area (Å²) >= 11 is 0. The third kappa shape index (κ3) is 6.74. The first-order chi connectivity index (χ1) is 18.3. The fourth-order valence-electron chi connectivity index (χ4n) is 5.68. The Morgan fingerprint density at radius 3 is 2.28 bits per heavy atom. The van der Waals surface area contributed by atoms with Gasteiger partial charge in [-0.1, -0.05) is 44.2 Å². The molecule has 0 bridgehead atoms. The van der Waals surface area contributed by atoms with E-state index >= 15 is 0 Å². The summed E-state index contributed by atoms with van der Waals surface area (Å²) in [4.78, 5) is 15.5. The molecule has 1 aliphatic heterocycles. The van der Waals surface area contributed by atoms with Crippen molar-refractivity contribution in [2.24, 2.45) is 5.92 Å². The first-order valence-corrected chi connectivity index (χ1v) is 15.2. The number of hydrogen-bond donors (Lipinski definition) is 1. The van der Waals surface area contributed by atoms with Gasteiger partial charge in [0, 0.05) is 24.7 Å². The lowest BCUT2D eigenvalue weighted by atomic mass is 9.78. The molecule has 1 amide bonds. The van der Waals surface area contributed by atoms with Gasteiger partial charge in [0.15, 0.2) is 9.84 Å². The summed E-state index contributed by atoms with van der Waals surface area (Å²) in [7, 11) is -3.69. The molecule has 1 fully saturated rings. The van der Waals surface area contributed by atoms with Crippen molar-refractivity contribution in [2.75, 3.05) is 12.3 Å². The maximum Gasteiger partial charge on any atom is 0.416 e. The lowest BCUT2D eigenvalue weighted by Crippen LogP contribution is -2.60. The van der Waals surface area contributed by atoms with Gasteiger partial charge in [-0.3, -0.25) is 4.79 Å². The summed E-state index contributed by atoms with van der Waals surface area (Å²) in [6.45, 7) is 6.70. The van der Waals surface area contributed by atoms with Gasteiger partial charge in [0.2, 0.25) is 5.91 Å². The molecule has 212 valence electrons. The molecule has 2 aromatic carbocycles. The van der Waals surface area contributed by atoms with E-state index in [1.54, 1.807) is 41.3 Å². The number of sulfone groups is 1. The van der Waals surface area contributed by atoms with Gasteiger partial charge < -0.3 is 10.2 Å². The van der Waals surface area contributed by atoms with Crippen LogP contribution < -0.4 is 5.32 Å². The maximum absolute atomic E-state index is 13.6. The molecule has 1 aliphatic carbocycles. The van der Waals surface area contributed by atoms with E-state index in [1.165, 1.54) is 12.1 Å². The average Bonchev–Trinajstić information content (AvgIpc) is 2.89. The van der Waals surface area contributed by atoms with Crippen LogP contribution >= 0.6 is 0 Å². The Hall–Kier alpha value is -2.65. The first kappa shape index (κ1) is 29.3. The smallest absolute Gasteiger partial charge is 0.332 e. The Morgan fingerprint density at radius 1 is 1.03 bits per heavy atom. The minimum Gasteiger partial charge on any atom is -0.332 e. The standard InChI is InChI=1S/C30H37F3N2O3S/c1-21(2)22(3)34-26-12-15-29(16-13-26,20-39(37,38)27-10-5-4-6-11-27)35-17-14-24(19-28(35)36)23-8-7-9-25(18-23)30(31,32)33/h4-11,18-19,21-22,26,34H,12-17,20H2,1-3H3. The van der Waals surface area contributed by atoms with Gasteiger partial charge in [-0.05, 0) is 80.3 Å². The van der Waals surface area contributed by atoms with Crippen LogP contribution in [0, 0.1) is 5.92 Å². The number of carbonyl (C=O) groups excluding carboxylic acids is 1. The molecule has 0 saturated heterocycles. The second-order valence-corrected chi connectivity index (χ2v) is 13.2. The molecule has 1 N–H and O–H groups in total. The summed E-state index contributed by atoms with van der Waals surface area (Å²) in [6.07, 6.45) is -0.213. The highest BCUT2D eigenvalue weighted by molar-refractivity contribution is 7.91. The summed E-state index contributed by atoms with van der Waals surface area (Å²) in [5.74, 6) is -0.0771. The van der Waals surface area contributed by atoms with Crippen molar-refractivity contribution in [1.29, 1.82) is 0 Å². The van der Waals surface area contributed by atoms with E-state index < -0.39 is 27.1 Å². The quantitative estimate of drug-likeness (QED) is 0.422. The molecule has 2 aromatic rings. The van der Waals surface area contributed by atoms with Crippen LogP contribution in [0.3, 0.4) is 0 Å². The van der Waals surface area contributed by atoms with Crippen LogP contribution in [0.5, 0.6) is 0 Å². The van der Waals surface area contributed by atoms with Gasteiger partial charge in [-0.25, -0.2) is 8.42 Å². The van der Waals surface area contributed by atoms with Crippen molar-refractivity contribution in [2.45, 2.75) is 81.6 Å². The Morgan fingerprint density at radius 2 is 1.69 bits per heavy atom. The topological polar surface area (TPSA) is 66.5 Å². The van der Waals surface area contributed by atoms with E-state index in [-0.39, 0.29) is 29.1 Å². The van der Waals surface area contributed by atoms with Crippen LogP contribution in [0.1, 0.15) is 64.0 Å². The molecule has 39 heavy (non-hydrogen) atoms. The fraction of sp³-hybridized carbons (Fsp3) is 0.500. The predicted octanol–water partition coefficient (Wildman–Crippen LogP) is 6.11. The number of rotatable bonds is 8. The van der Waals surface area contributed by atoms with Crippen LogP contribution in [0.15, 0.2) is 65.6 Å². The Kier molecular flexibility index (Phi) is 8.61. The number of halogens is 3. The highest BCUT2D eigenvalue weighted by atomic mass is 32.2. The summed E-state index contributed by atoms with van der Waals surface area (Å²) in [6, 6.07) is 13.8. The highest BCUT2D eigenvalue weighted by Crippen LogP contribution is 2.40. The molecule has 2 aliphatic rings. The molecule has 4 rings (SSSR count). The zero-order valence-electron chi connectivity index (χ0n) is 22.7. The number of nitrogens with one attached hydrogen (secondary N) is 1. The van der Waals surface area contributed by atoms with Crippen molar-refractivity contribution in [3.05, 3.63) is 71.8 Å². The van der Waals surface area contributed by atoms with Crippen molar-refractivity contribution < 1.29 is 26.4 Å². The second kappa shape index (κ2) is 11.5. The maximum atomic E-state index is 13.6. The van der Waals surface area contributed by atoms with Crippen LogP contribution in [0.4, 0.5) is 13.2 Å². The van der Waals surface area contributed by atoms with Gasteiger partial charge in [0.25, 0.3) is 0 Å². The first-order valence-electron chi connectivity index (χ1n) is 13.5. The molecule has 1 heterocycles. The third-order valence-corrected chi connectivity index (χ3v) is 10.2. The lowest BCUT2D eigenvalue weighted by molar-refractivity contribution is -0.137. The van der Waals surface area contributed by atoms with Crippen LogP contribution in [-0.4, -0.2) is 49.1 Å². The minimum atomic E-state index is -4.48. The Bertz CT molecular complexity index is 1300. The highest BCUT2D eigenvalue weighted by Gasteiger charge is 2.46. The third-order valence-electron chi connectivity index (χ3n) is 8.28. The Labute approximate surface area is 229 Å². The van der Waals surface area contributed by atoms with Crippen LogP contribution in [0.2, 0.25) is 0 Å². The van der Waals surface area contributed by atoms with E-state index in [1.807, 2.05) is 0 Å². The monoisotopic (exact) mass is 562 g/mol. The Balaban J connectivity index is 1.62. The minimum absolute atomic E-state index is 0.186. The van der Waals surface area contributed by atoms with Gasteiger partial charge in [-0.15, -0.1) is 0 Å². The summed E-state index contributed by atoms with van der Waals surface area (Å²) in [5.41, 5.74) is -0.757. The molecule has 1 saturated carbocycles. The fourth-order valence-corrected chi connectivity index (χ4v) is 7.57. The van der Waals surface area contributed by atoms with Crippen molar-refractivity contribution in [3.63, 3.8) is 0 Å². The largest absolute Gasteiger partial charge is 0.416 e. The normalized spacial score (nSPS) is 23.6. The molecular formula is C30H37F3N2O3S. The molecular weight excluding hydrogens is 525 g/mol. The van der Waals surface area contributed by atoms with E-state index in [0.29, 0.717) is 42.4 Å². The van der Waals surface area contributed by atoms with Crippen molar-refractivity contribution in [1.82, 2.24) is 10.2 Å². The molecule has 0 radical (unpaired) electrons. The predicted molar refractivity (Wildman–Crippen MR) is 147 cm³/mol. The van der Waals surface area contributed by atoms with Crippen LogP contribution in [0.25, 0.3) is 5.57 Å². The lowest BCUT2D eigenvalue weighted by Gasteiger charge is -2.49. The zero-order chi connectivity index (χ0) is 28.4. The SMILES string of the molecule is CC(C)C(C)NC1CCC(CS(=O)(=O)c2ccccc2)(N2CCC(c3cccc(C(F)(F)F)c3)=CC2=O)CC1. The molecule has 9 heteroatoms. The van der Waals surface area contributed by atoms with E-state index in [2.05, 4.69) is 26.1 Å². The van der Waals surface area contributed by atoms with E-state index in [9.17, 15) is 26.4 Å². The molecule has 1 atom stereocenters. The van der Waals surface area contributed by atoms with Crippen molar-refractivity contribution >= 4 is 21.3 Å². The zero-order valence-corrected chi connectivity index (χ0v) is 23.5. The van der Waals surface area contributed by atoms with Gasteiger partial charge in [-0.2, -0.15) is 13.2 Å².